The molecule has 1 fully saturated rings. The number of carbonyl (C=O) groups is 3. The van der Waals surface area contributed by atoms with Crippen LogP contribution in [0.1, 0.15) is 30.4 Å². The second-order valence-corrected chi connectivity index (χ2v) is 7.02. The van der Waals surface area contributed by atoms with E-state index in [1.54, 1.807) is 4.90 Å². The van der Waals surface area contributed by atoms with Crippen molar-refractivity contribution in [1.29, 1.82) is 0 Å². The van der Waals surface area contributed by atoms with Gasteiger partial charge in [-0.2, -0.15) is 0 Å². The molecule has 0 saturated carbocycles. The number of nitrogens with two attached hydrogens (primary N) is 1. The fourth-order valence-corrected chi connectivity index (χ4v) is 3.14. The minimum absolute atomic E-state index is 0. The van der Waals surface area contributed by atoms with E-state index >= 15 is 0 Å². The van der Waals surface area contributed by atoms with E-state index in [-0.39, 0.29) is 42.6 Å². The van der Waals surface area contributed by atoms with Crippen LogP contribution in [0.4, 0.5) is 0 Å². The average molecular weight is 411 g/mol. The molecule has 1 aromatic rings. The van der Waals surface area contributed by atoms with Crippen molar-refractivity contribution in [3.63, 3.8) is 0 Å². The Bertz CT molecular complexity index is 651. The molecule has 156 valence electrons. The summed E-state index contributed by atoms with van der Waals surface area (Å²) in [5, 5.41) is 5.47. The highest BCUT2D eigenvalue weighted by atomic mass is 35.5. The fourth-order valence-electron chi connectivity index (χ4n) is 3.14. The number of carbonyl (C=O) groups excluding carboxylic acids is 3. The van der Waals surface area contributed by atoms with Gasteiger partial charge in [0.2, 0.25) is 17.7 Å². The molecule has 1 heterocycles. The van der Waals surface area contributed by atoms with Crippen molar-refractivity contribution in [3.8, 4) is 0 Å². The van der Waals surface area contributed by atoms with Crippen molar-refractivity contribution in [2.45, 2.75) is 32.6 Å². The summed E-state index contributed by atoms with van der Waals surface area (Å²) in [6.45, 7) is 3.86. The zero-order chi connectivity index (χ0) is 19.6. The molecule has 0 spiro atoms. The number of hydrogen-bond acceptors (Lipinski definition) is 4. The van der Waals surface area contributed by atoms with Crippen LogP contribution >= 0.6 is 12.4 Å². The van der Waals surface area contributed by atoms with Crippen molar-refractivity contribution < 1.29 is 14.4 Å². The van der Waals surface area contributed by atoms with E-state index in [9.17, 15) is 14.4 Å². The molecule has 3 amide bonds. The van der Waals surface area contributed by atoms with E-state index in [2.05, 4.69) is 10.6 Å². The van der Waals surface area contributed by atoms with Crippen LogP contribution in [0.3, 0.4) is 0 Å². The molecule has 8 heteroatoms. The van der Waals surface area contributed by atoms with Crippen molar-refractivity contribution in [3.05, 3.63) is 35.4 Å². The molecule has 1 unspecified atom stereocenters. The number of nitrogens with zero attached hydrogens (tertiary/aromatic N) is 1. The van der Waals surface area contributed by atoms with E-state index < -0.39 is 0 Å². The van der Waals surface area contributed by atoms with Gasteiger partial charge in [-0.25, -0.2) is 0 Å². The minimum Gasteiger partial charge on any atom is -0.355 e. The molecular formula is C20H31ClN4O3. The third-order valence-corrected chi connectivity index (χ3v) is 4.79. The normalized spacial score (nSPS) is 16.1. The molecule has 1 atom stereocenters. The number of rotatable bonds is 8. The summed E-state index contributed by atoms with van der Waals surface area (Å²) in [6.07, 6.45) is 2.55. The second kappa shape index (κ2) is 12.4. The first-order valence-corrected chi connectivity index (χ1v) is 9.57. The summed E-state index contributed by atoms with van der Waals surface area (Å²) in [5.74, 6) is -0.542. The van der Waals surface area contributed by atoms with Crippen LogP contribution in [0, 0.1) is 12.8 Å². The lowest BCUT2D eigenvalue weighted by Gasteiger charge is -2.32. The Hall–Kier alpha value is -2.12. The van der Waals surface area contributed by atoms with Crippen LogP contribution in [0.15, 0.2) is 24.3 Å². The average Bonchev–Trinajstić information content (AvgIpc) is 2.69. The maximum Gasteiger partial charge on any atom is 0.241 e. The van der Waals surface area contributed by atoms with Crippen molar-refractivity contribution in [1.82, 2.24) is 15.5 Å². The van der Waals surface area contributed by atoms with Crippen LogP contribution < -0.4 is 16.4 Å². The first kappa shape index (κ1) is 23.9. The Kier molecular flexibility index (Phi) is 10.6. The maximum absolute atomic E-state index is 12.4. The van der Waals surface area contributed by atoms with E-state index in [0.29, 0.717) is 39.0 Å². The lowest BCUT2D eigenvalue weighted by atomic mass is 9.97. The molecule has 1 aromatic carbocycles. The van der Waals surface area contributed by atoms with E-state index in [1.807, 2.05) is 31.2 Å². The minimum atomic E-state index is -0.202. The first-order chi connectivity index (χ1) is 13.0. The van der Waals surface area contributed by atoms with Gasteiger partial charge in [-0.15, -0.1) is 12.4 Å². The maximum atomic E-state index is 12.4. The highest BCUT2D eigenvalue weighted by Gasteiger charge is 2.28. The number of aryl methyl sites for hydroxylation is 2. The summed E-state index contributed by atoms with van der Waals surface area (Å²) in [7, 11) is 0. The molecule has 7 nitrogen and oxygen atoms in total. The molecule has 4 N–H and O–H groups in total. The number of hydrogen-bond donors (Lipinski definition) is 3. The number of likely N-dealkylation sites (tertiary alicyclic amines) is 1. The van der Waals surface area contributed by atoms with Gasteiger partial charge in [0.1, 0.15) is 0 Å². The molecule has 0 aromatic heterocycles. The predicted octanol–water partition coefficient (Wildman–Crippen LogP) is 0.779. The van der Waals surface area contributed by atoms with Crippen LogP contribution in [-0.4, -0.2) is 55.3 Å². The van der Waals surface area contributed by atoms with Crippen molar-refractivity contribution in [2.75, 3.05) is 32.7 Å². The van der Waals surface area contributed by atoms with E-state index in [1.165, 1.54) is 5.56 Å². The molecule has 0 bridgehead atoms. The number of nitrogens with one attached hydrogen (secondary N) is 2. The van der Waals surface area contributed by atoms with E-state index in [4.69, 9.17) is 5.73 Å². The highest BCUT2D eigenvalue weighted by Crippen LogP contribution is 2.16. The standard InChI is InChI=1S/C20H30N4O3.ClH/c1-15-4-6-16(7-5-15)8-9-18(25)23-13-19(26)24-12-2-3-17(14-24)20(27)22-11-10-21;/h4-7,17H,2-3,8-14,21H2,1H3,(H,22,27)(H,23,25);1H. The fraction of sp³-hybridized carbons (Fsp3) is 0.550. The SMILES string of the molecule is Cc1ccc(CCC(=O)NCC(=O)N2CCCC(C(=O)NCCN)C2)cc1.Cl. The Morgan fingerprint density at radius 2 is 1.89 bits per heavy atom. The molecule has 1 aliphatic rings. The third kappa shape index (κ3) is 7.86. The zero-order valence-corrected chi connectivity index (χ0v) is 17.2. The Morgan fingerprint density at radius 1 is 1.18 bits per heavy atom. The second-order valence-electron chi connectivity index (χ2n) is 7.02. The van der Waals surface area contributed by atoms with E-state index in [0.717, 1.165) is 18.4 Å². The summed E-state index contributed by atoms with van der Waals surface area (Å²) in [4.78, 5) is 38.1. The summed E-state index contributed by atoms with van der Waals surface area (Å²) in [6, 6.07) is 8.06. The number of halogens is 1. The van der Waals surface area contributed by atoms with Crippen LogP contribution in [0.5, 0.6) is 0 Å². The quantitative estimate of drug-likeness (QED) is 0.589. The molecule has 0 radical (unpaired) electrons. The lowest BCUT2D eigenvalue weighted by molar-refractivity contribution is -0.136. The highest BCUT2D eigenvalue weighted by molar-refractivity contribution is 5.86. The Balaban J connectivity index is 0.00000392. The van der Waals surface area contributed by atoms with Gasteiger partial charge in [0.05, 0.1) is 12.5 Å². The van der Waals surface area contributed by atoms with Gasteiger partial charge in [-0.05, 0) is 31.7 Å². The topological polar surface area (TPSA) is 105 Å². The molecular weight excluding hydrogens is 380 g/mol. The van der Waals surface area contributed by atoms with Gasteiger partial charge >= 0.3 is 0 Å². The summed E-state index contributed by atoms with van der Waals surface area (Å²) >= 11 is 0. The molecule has 2 rings (SSSR count). The Labute approximate surface area is 172 Å². The molecule has 0 aliphatic carbocycles. The monoisotopic (exact) mass is 410 g/mol. The number of piperidine rings is 1. The zero-order valence-electron chi connectivity index (χ0n) is 16.4. The molecule has 1 saturated heterocycles. The number of benzene rings is 1. The van der Waals surface area contributed by atoms with Gasteiger partial charge in [0.25, 0.3) is 0 Å². The van der Waals surface area contributed by atoms with Crippen LogP contribution in [0.2, 0.25) is 0 Å². The van der Waals surface area contributed by atoms with Crippen LogP contribution in [0.25, 0.3) is 0 Å². The largest absolute Gasteiger partial charge is 0.355 e. The lowest BCUT2D eigenvalue weighted by Crippen LogP contribution is -2.48. The van der Waals surface area contributed by atoms with Gasteiger partial charge in [0.15, 0.2) is 0 Å². The van der Waals surface area contributed by atoms with Gasteiger partial charge in [0, 0.05) is 32.6 Å². The third-order valence-electron chi connectivity index (χ3n) is 4.79. The molecule has 28 heavy (non-hydrogen) atoms. The van der Waals surface area contributed by atoms with Gasteiger partial charge < -0.3 is 21.3 Å². The summed E-state index contributed by atoms with van der Waals surface area (Å²) in [5.41, 5.74) is 7.69. The molecule has 1 aliphatic heterocycles. The smallest absolute Gasteiger partial charge is 0.241 e. The van der Waals surface area contributed by atoms with Crippen molar-refractivity contribution in [2.24, 2.45) is 11.7 Å². The first-order valence-electron chi connectivity index (χ1n) is 9.57. The number of amides is 3. The summed E-state index contributed by atoms with van der Waals surface area (Å²) < 4.78 is 0. The van der Waals surface area contributed by atoms with Gasteiger partial charge in [-0.1, -0.05) is 29.8 Å². The van der Waals surface area contributed by atoms with Crippen LogP contribution in [-0.2, 0) is 20.8 Å². The predicted molar refractivity (Wildman–Crippen MR) is 111 cm³/mol. The van der Waals surface area contributed by atoms with Gasteiger partial charge in [-0.3, -0.25) is 14.4 Å². The Morgan fingerprint density at radius 3 is 2.57 bits per heavy atom. The van der Waals surface area contributed by atoms with Crippen molar-refractivity contribution >= 4 is 30.1 Å².